The van der Waals surface area contributed by atoms with E-state index in [0.29, 0.717) is 0 Å². The molecule has 0 aliphatic heterocycles. The fourth-order valence-corrected chi connectivity index (χ4v) is 2.51. The van der Waals surface area contributed by atoms with Gasteiger partial charge in [-0.3, -0.25) is 0 Å². The average Bonchev–Trinajstić information content (AvgIpc) is 2.45. The van der Waals surface area contributed by atoms with Crippen molar-refractivity contribution < 1.29 is 0 Å². The summed E-state index contributed by atoms with van der Waals surface area (Å²) in [5.74, 6) is 0. The van der Waals surface area contributed by atoms with Crippen LogP contribution in [0.15, 0.2) is 42.5 Å². The van der Waals surface area contributed by atoms with Gasteiger partial charge in [0, 0.05) is 24.1 Å². The second-order valence-electron chi connectivity index (χ2n) is 4.79. The Morgan fingerprint density at radius 1 is 0.947 bits per heavy atom. The molecule has 0 unspecified atom stereocenters. The van der Waals surface area contributed by atoms with Crippen LogP contribution >= 0.6 is 0 Å². The lowest BCUT2D eigenvalue weighted by Gasteiger charge is -2.25. The van der Waals surface area contributed by atoms with E-state index in [1.165, 1.54) is 16.8 Å². The van der Waals surface area contributed by atoms with Crippen molar-refractivity contribution in [2.75, 3.05) is 17.7 Å². The SMILES string of the molecule is CCc1cccc(CC)c1N(C)c1cccc(N)c1. The first-order chi connectivity index (χ1) is 9.17. The molecule has 0 bridgehead atoms. The number of aryl methyl sites for hydroxylation is 2. The number of para-hydroxylation sites is 1. The maximum absolute atomic E-state index is 5.89. The number of hydrogen-bond donors (Lipinski definition) is 1. The number of hydrogen-bond acceptors (Lipinski definition) is 2. The summed E-state index contributed by atoms with van der Waals surface area (Å²) in [7, 11) is 2.11. The Bertz CT molecular complexity index is 539. The molecule has 2 aromatic carbocycles. The van der Waals surface area contributed by atoms with Gasteiger partial charge in [-0.2, -0.15) is 0 Å². The fourth-order valence-electron chi connectivity index (χ4n) is 2.51. The van der Waals surface area contributed by atoms with Gasteiger partial charge in [0.05, 0.1) is 0 Å². The van der Waals surface area contributed by atoms with Crippen LogP contribution in [0.1, 0.15) is 25.0 Å². The van der Waals surface area contributed by atoms with E-state index in [1.54, 1.807) is 0 Å². The molecule has 0 spiro atoms. The molecule has 2 heteroatoms. The number of nitrogen functional groups attached to an aromatic ring is 1. The highest BCUT2D eigenvalue weighted by molar-refractivity contribution is 5.71. The van der Waals surface area contributed by atoms with Crippen molar-refractivity contribution in [3.8, 4) is 0 Å². The van der Waals surface area contributed by atoms with Crippen molar-refractivity contribution in [3.63, 3.8) is 0 Å². The maximum atomic E-state index is 5.89. The van der Waals surface area contributed by atoms with E-state index in [9.17, 15) is 0 Å². The van der Waals surface area contributed by atoms with Gasteiger partial charge in [0.25, 0.3) is 0 Å². The van der Waals surface area contributed by atoms with Crippen molar-refractivity contribution in [2.24, 2.45) is 0 Å². The lowest BCUT2D eigenvalue weighted by Crippen LogP contribution is -2.14. The molecule has 0 atom stereocenters. The summed E-state index contributed by atoms with van der Waals surface area (Å²) in [4.78, 5) is 2.24. The van der Waals surface area contributed by atoms with Crippen LogP contribution in [-0.4, -0.2) is 7.05 Å². The molecule has 2 aromatic rings. The number of rotatable bonds is 4. The van der Waals surface area contributed by atoms with Crippen molar-refractivity contribution in [1.82, 2.24) is 0 Å². The minimum Gasteiger partial charge on any atom is -0.399 e. The van der Waals surface area contributed by atoms with Crippen LogP contribution in [-0.2, 0) is 12.8 Å². The minimum atomic E-state index is 0.802. The number of benzene rings is 2. The standard InChI is InChI=1S/C17H22N2/c1-4-13-8-6-9-14(5-2)17(13)19(3)16-11-7-10-15(18)12-16/h6-12H,4-5,18H2,1-3H3. The second kappa shape index (κ2) is 5.79. The molecule has 2 N–H and O–H groups in total. The minimum absolute atomic E-state index is 0.802. The summed E-state index contributed by atoms with van der Waals surface area (Å²) in [5, 5.41) is 0. The molecular weight excluding hydrogens is 232 g/mol. The van der Waals surface area contributed by atoms with Gasteiger partial charge in [0.1, 0.15) is 0 Å². The molecule has 2 nitrogen and oxygen atoms in total. The summed E-state index contributed by atoms with van der Waals surface area (Å²) < 4.78 is 0. The van der Waals surface area contributed by atoms with Gasteiger partial charge in [-0.25, -0.2) is 0 Å². The normalized spacial score (nSPS) is 10.5. The fraction of sp³-hybridized carbons (Fsp3) is 0.294. The van der Waals surface area contributed by atoms with Crippen molar-refractivity contribution in [1.29, 1.82) is 0 Å². The smallest absolute Gasteiger partial charge is 0.0472 e. The van der Waals surface area contributed by atoms with Crippen molar-refractivity contribution >= 4 is 17.1 Å². The Kier molecular flexibility index (Phi) is 4.10. The lowest BCUT2D eigenvalue weighted by molar-refractivity contribution is 1.04. The van der Waals surface area contributed by atoms with Crippen LogP contribution in [0.3, 0.4) is 0 Å². The summed E-state index contributed by atoms with van der Waals surface area (Å²) in [6.45, 7) is 4.40. The predicted molar refractivity (Wildman–Crippen MR) is 84.1 cm³/mol. The Balaban J connectivity index is 2.51. The van der Waals surface area contributed by atoms with E-state index in [4.69, 9.17) is 5.73 Å². The summed E-state index contributed by atoms with van der Waals surface area (Å²) in [5.41, 5.74) is 11.9. The van der Waals surface area contributed by atoms with Gasteiger partial charge in [0.2, 0.25) is 0 Å². The van der Waals surface area contributed by atoms with Crippen LogP contribution in [0.25, 0.3) is 0 Å². The Hall–Kier alpha value is -1.96. The quantitative estimate of drug-likeness (QED) is 0.830. The summed E-state index contributed by atoms with van der Waals surface area (Å²) >= 11 is 0. The zero-order chi connectivity index (χ0) is 13.8. The third-order valence-corrected chi connectivity index (χ3v) is 3.56. The third kappa shape index (κ3) is 2.73. The van der Waals surface area contributed by atoms with E-state index < -0.39 is 0 Å². The number of anilines is 3. The van der Waals surface area contributed by atoms with Crippen molar-refractivity contribution in [2.45, 2.75) is 26.7 Å². The highest BCUT2D eigenvalue weighted by Gasteiger charge is 2.12. The molecule has 0 fully saturated rings. The first kappa shape index (κ1) is 13.5. The average molecular weight is 254 g/mol. The van der Waals surface area contributed by atoms with Gasteiger partial charge in [-0.05, 0) is 42.2 Å². The molecule has 2 rings (SSSR count). The number of nitrogens with two attached hydrogens (primary N) is 1. The van der Waals surface area contributed by atoms with E-state index >= 15 is 0 Å². The second-order valence-corrected chi connectivity index (χ2v) is 4.79. The molecule has 0 heterocycles. The zero-order valence-electron chi connectivity index (χ0n) is 12.0. The van der Waals surface area contributed by atoms with Gasteiger partial charge in [-0.15, -0.1) is 0 Å². The number of nitrogens with zero attached hydrogens (tertiary/aromatic N) is 1. The van der Waals surface area contributed by atoms with E-state index in [1.807, 2.05) is 18.2 Å². The molecule has 0 saturated heterocycles. The van der Waals surface area contributed by atoms with Crippen LogP contribution in [0.4, 0.5) is 17.1 Å². The van der Waals surface area contributed by atoms with Crippen LogP contribution in [0.2, 0.25) is 0 Å². The monoisotopic (exact) mass is 254 g/mol. The third-order valence-electron chi connectivity index (χ3n) is 3.56. The van der Waals surface area contributed by atoms with E-state index in [0.717, 1.165) is 24.2 Å². The summed E-state index contributed by atoms with van der Waals surface area (Å²) in [6, 6.07) is 14.6. The Labute approximate surface area is 115 Å². The highest BCUT2D eigenvalue weighted by Crippen LogP contribution is 2.32. The maximum Gasteiger partial charge on any atom is 0.0472 e. The van der Waals surface area contributed by atoms with Crippen LogP contribution < -0.4 is 10.6 Å². The molecule has 0 aliphatic rings. The summed E-state index contributed by atoms with van der Waals surface area (Å²) in [6.07, 6.45) is 2.08. The molecule has 100 valence electrons. The van der Waals surface area contributed by atoms with Crippen LogP contribution in [0.5, 0.6) is 0 Å². The molecular formula is C17H22N2. The molecule has 0 amide bonds. The first-order valence-electron chi connectivity index (χ1n) is 6.87. The molecule has 0 radical (unpaired) electrons. The lowest BCUT2D eigenvalue weighted by atomic mass is 10.0. The predicted octanol–water partition coefficient (Wildman–Crippen LogP) is 4.16. The van der Waals surface area contributed by atoms with Crippen molar-refractivity contribution in [3.05, 3.63) is 53.6 Å². The molecule has 0 aromatic heterocycles. The van der Waals surface area contributed by atoms with Gasteiger partial charge < -0.3 is 10.6 Å². The van der Waals surface area contributed by atoms with E-state index in [2.05, 4.69) is 50.1 Å². The van der Waals surface area contributed by atoms with Gasteiger partial charge in [-0.1, -0.05) is 38.1 Å². The molecule has 19 heavy (non-hydrogen) atoms. The topological polar surface area (TPSA) is 29.3 Å². The van der Waals surface area contributed by atoms with Crippen LogP contribution in [0, 0.1) is 0 Å². The van der Waals surface area contributed by atoms with Gasteiger partial charge in [0.15, 0.2) is 0 Å². The van der Waals surface area contributed by atoms with Gasteiger partial charge >= 0.3 is 0 Å². The van der Waals surface area contributed by atoms with E-state index in [-0.39, 0.29) is 0 Å². The highest BCUT2D eigenvalue weighted by atomic mass is 15.1. The first-order valence-corrected chi connectivity index (χ1v) is 6.87. The Morgan fingerprint density at radius 3 is 2.05 bits per heavy atom. The molecule has 0 aliphatic carbocycles. The largest absolute Gasteiger partial charge is 0.399 e. The zero-order valence-corrected chi connectivity index (χ0v) is 12.0. The molecule has 0 saturated carbocycles. The Morgan fingerprint density at radius 2 is 1.53 bits per heavy atom.